The highest BCUT2D eigenvalue weighted by atomic mass is 35.7. The average molecular weight is 235 g/mol. The van der Waals surface area contributed by atoms with E-state index in [1.54, 1.807) is 26.0 Å². The van der Waals surface area contributed by atoms with Gasteiger partial charge in [0.05, 0.1) is 6.61 Å². The lowest BCUT2D eigenvalue weighted by Crippen LogP contribution is -1.99. The molecule has 78 valence electrons. The van der Waals surface area contributed by atoms with Crippen molar-refractivity contribution in [3.63, 3.8) is 0 Å². The van der Waals surface area contributed by atoms with E-state index in [1.807, 2.05) is 0 Å². The van der Waals surface area contributed by atoms with E-state index in [0.29, 0.717) is 12.4 Å². The smallest absolute Gasteiger partial charge is 0.264 e. The van der Waals surface area contributed by atoms with Gasteiger partial charge in [0.1, 0.15) is 10.6 Å². The molecular weight excluding hydrogens is 224 g/mol. The molecule has 0 amide bonds. The van der Waals surface area contributed by atoms with E-state index in [1.165, 1.54) is 6.07 Å². The standard InChI is InChI=1S/C9H11ClO3S/c1-3-13-8-5-4-7(2)6-9(8)14(10,11)12/h4-6H,3H2,1-2H3. The lowest BCUT2D eigenvalue weighted by molar-refractivity contribution is 0.331. The molecule has 0 heterocycles. The molecule has 0 fully saturated rings. The SMILES string of the molecule is CCOc1ccc(C)cc1S(=O)(=O)Cl. The van der Waals surface area contributed by atoms with E-state index < -0.39 is 9.05 Å². The van der Waals surface area contributed by atoms with Crippen molar-refractivity contribution in [3.05, 3.63) is 23.8 Å². The molecule has 0 aliphatic heterocycles. The third-order valence-corrected chi connectivity index (χ3v) is 3.00. The highest BCUT2D eigenvalue weighted by Crippen LogP contribution is 2.27. The molecule has 1 aromatic carbocycles. The number of rotatable bonds is 3. The maximum Gasteiger partial charge on any atom is 0.264 e. The molecule has 0 unspecified atom stereocenters. The molecular formula is C9H11ClO3S. The van der Waals surface area contributed by atoms with Gasteiger partial charge in [-0.1, -0.05) is 6.07 Å². The second kappa shape index (κ2) is 4.19. The van der Waals surface area contributed by atoms with Crippen molar-refractivity contribution in [2.45, 2.75) is 18.7 Å². The maximum absolute atomic E-state index is 11.2. The van der Waals surface area contributed by atoms with Gasteiger partial charge in [-0.15, -0.1) is 0 Å². The van der Waals surface area contributed by atoms with Gasteiger partial charge in [-0.05, 0) is 31.5 Å². The summed E-state index contributed by atoms with van der Waals surface area (Å²) in [6, 6.07) is 4.87. The van der Waals surface area contributed by atoms with E-state index in [0.717, 1.165) is 5.56 Å². The lowest BCUT2D eigenvalue weighted by atomic mass is 10.2. The zero-order chi connectivity index (χ0) is 10.8. The Morgan fingerprint density at radius 2 is 2.07 bits per heavy atom. The minimum atomic E-state index is -3.73. The first-order valence-corrected chi connectivity index (χ1v) is 6.44. The molecule has 0 radical (unpaired) electrons. The molecule has 0 N–H and O–H groups in total. The van der Waals surface area contributed by atoms with Gasteiger partial charge in [-0.25, -0.2) is 8.42 Å². The van der Waals surface area contributed by atoms with Crippen molar-refractivity contribution in [1.82, 2.24) is 0 Å². The van der Waals surface area contributed by atoms with Crippen molar-refractivity contribution < 1.29 is 13.2 Å². The van der Waals surface area contributed by atoms with Gasteiger partial charge in [-0.2, -0.15) is 0 Å². The van der Waals surface area contributed by atoms with Gasteiger partial charge in [0.15, 0.2) is 0 Å². The number of aryl methyl sites for hydroxylation is 1. The molecule has 0 saturated heterocycles. The summed E-state index contributed by atoms with van der Waals surface area (Å²) in [4.78, 5) is 0.0287. The number of halogens is 1. The molecule has 0 aliphatic carbocycles. The topological polar surface area (TPSA) is 43.4 Å². The highest BCUT2D eigenvalue weighted by Gasteiger charge is 2.16. The summed E-state index contributed by atoms with van der Waals surface area (Å²) in [7, 11) is 1.53. The molecule has 1 rings (SSSR count). The van der Waals surface area contributed by atoms with Crippen LogP contribution in [-0.2, 0) is 9.05 Å². The molecule has 0 aromatic heterocycles. The maximum atomic E-state index is 11.2. The van der Waals surface area contributed by atoms with Crippen molar-refractivity contribution in [2.75, 3.05) is 6.61 Å². The zero-order valence-corrected chi connectivity index (χ0v) is 9.52. The van der Waals surface area contributed by atoms with Gasteiger partial charge >= 0.3 is 0 Å². The van der Waals surface area contributed by atoms with Crippen LogP contribution < -0.4 is 4.74 Å². The molecule has 0 bridgehead atoms. The van der Waals surface area contributed by atoms with Crippen LogP contribution >= 0.6 is 10.7 Å². The van der Waals surface area contributed by atoms with Crippen molar-refractivity contribution >= 4 is 19.7 Å². The number of ether oxygens (including phenoxy) is 1. The van der Waals surface area contributed by atoms with E-state index in [-0.39, 0.29) is 4.90 Å². The number of hydrogen-bond acceptors (Lipinski definition) is 3. The quantitative estimate of drug-likeness (QED) is 0.754. The van der Waals surface area contributed by atoms with Gasteiger partial charge in [0.25, 0.3) is 9.05 Å². The third kappa shape index (κ3) is 2.62. The summed E-state index contributed by atoms with van der Waals surface area (Å²) >= 11 is 0. The summed E-state index contributed by atoms with van der Waals surface area (Å²) in [5, 5.41) is 0. The van der Waals surface area contributed by atoms with Crippen LogP contribution in [0.4, 0.5) is 0 Å². The Hall–Kier alpha value is -0.740. The van der Waals surface area contributed by atoms with Crippen LogP contribution in [0.3, 0.4) is 0 Å². The Bertz CT molecular complexity index is 426. The molecule has 0 aliphatic rings. The molecule has 1 aromatic rings. The fourth-order valence-corrected chi connectivity index (χ4v) is 2.14. The van der Waals surface area contributed by atoms with E-state index in [4.69, 9.17) is 15.4 Å². The van der Waals surface area contributed by atoms with Crippen molar-refractivity contribution in [3.8, 4) is 5.75 Å². The minimum absolute atomic E-state index is 0.0287. The van der Waals surface area contributed by atoms with E-state index in [9.17, 15) is 8.42 Å². The first kappa shape index (κ1) is 11.3. The van der Waals surface area contributed by atoms with Crippen molar-refractivity contribution in [2.24, 2.45) is 0 Å². The van der Waals surface area contributed by atoms with Crippen molar-refractivity contribution in [1.29, 1.82) is 0 Å². The van der Waals surface area contributed by atoms with Gasteiger partial charge < -0.3 is 4.74 Å². The van der Waals surface area contributed by atoms with Crippen LogP contribution in [0.5, 0.6) is 5.75 Å². The first-order chi connectivity index (χ1) is 6.45. The largest absolute Gasteiger partial charge is 0.492 e. The molecule has 0 atom stereocenters. The summed E-state index contributed by atoms with van der Waals surface area (Å²) in [5.74, 6) is 0.299. The van der Waals surface area contributed by atoms with Crippen LogP contribution in [-0.4, -0.2) is 15.0 Å². The van der Waals surface area contributed by atoms with Crippen LogP contribution in [0.25, 0.3) is 0 Å². The number of benzene rings is 1. The minimum Gasteiger partial charge on any atom is -0.492 e. The lowest BCUT2D eigenvalue weighted by Gasteiger charge is -2.07. The Morgan fingerprint density at radius 1 is 1.43 bits per heavy atom. The molecule has 5 heteroatoms. The predicted molar refractivity (Wildman–Crippen MR) is 55.4 cm³/mol. The van der Waals surface area contributed by atoms with Crippen LogP contribution in [0.15, 0.2) is 23.1 Å². The third-order valence-electron chi connectivity index (χ3n) is 1.66. The second-order valence-corrected chi connectivity index (χ2v) is 5.36. The molecule has 0 saturated carbocycles. The van der Waals surface area contributed by atoms with Crippen LogP contribution in [0, 0.1) is 6.92 Å². The Morgan fingerprint density at radius 3 is 2.57 bits per heavy atom. The average Bonchev–Trinajstić information content (AvgIpc) is 2.07. The van der Waals surface area contributed by atoms with E-state index in [2.05, 4.69) is 0 Å². The highest BCUT2D eigenvalue weighted by molar-refractivity contribution is 8.13. The van der Waals surface area contributed by atoms with Gasteiger partial charge in [0, 0.05) is 10.7 Å². The Balaban J connectivity index is 3.30. The summed E-state index contributed by atoms with van der Waals surface area (Å²) in [6.45, 7) is 3.98. The molecule has 0 spiro atoms. The number of hydrogen-bond donors (Lipinski definition) is 0. The zero-order valence-electron chi connectivity index (χ0n) is 7.95. The molecule has 14 heavy (non-hydrogen) atoms. The predicted octanol–water partition coefficient (Wildman–Crippen LogP) is 2.32. The first-order valence-electron chi connectivity index (χ1n) is 4.13. The second-order valence-electron chi connectivity index (χ2n) is 2.82. The fraction of sp³-hybridized carbons (Fsp3) is 0.333. The van der Waals surface area contributed by atoms with Gasteiger partial charge in [-0.3, -0.25) is 0 Å². The van der Waals surface area contributed by atoms with E-state index >= 15 is 0 Å². The normalized spacial score (nSPS) is 11.4. The van der Waals surface area contributed by atoms with Gasteiger partial charge in [0.2, 0.25) is 0 Å². The summed E-state index contributed by atoms with van der Waals surface area (Å²) in [6.07, 6.45) is 0. The Labute approximate surface area is 88.1 Å². The summed E-state index contributed by atoms with van der Waals surface area (Å²) < 4.78 is 27.5. The van der Waals surface area contributed by atoms with Crippen LogP contribution in [0.2, 0.25) is 0 Å². The monoisotopic (exact) mass is 234 g/mol. The fourth-order valence-electron chi connectivity index (χ4n) is 1.08. The molecule has 3 nitrogen and oxygen atoms in total. The Kier molecular flexibility index (Phi) is 3.39. The summed E-state index contributed by atoms with van der Waals surface area (Å²) in [5.41, 5.74) is 0.827. The van der Waals surface area contributed by atoms with Crippen LogP contribution in [0.1, 0.15) is 12.5 Å².